The van der Waals surface area contributed by atoms with E-state index < -0.39 is 0 Å². The highest BCUT2D eigenvalue weighted by atomic mass is 16.5. The smallest absolute Gasteiger partial charge is 0.122 e. The summed E-state index contributed by atoms with van der Waals surface area (Å²) in [7, 11) is 1.73. The Morgan fingerprint density at radius 1 is 1.42 bits per heavy atom. The molecule has 0 aliphatic heterocycles. The highest BCUT2D eigenvalue weighted by molar-refractivity contribution is 5.52. The lowest BCUT2D eigenvalue weighted by Crippen LogP contribution is -2.21. The Bertz CT molecular complexity index is 119. The normalized spacial score (nSPS) is 18.3. The quantitative estimate of drug-likeness (QED) is 0.574. The maximum Gasteiger partial charge on any atom is 0.122 e. The SMILES string of the molecule is CC[C@H](OC)[C@@H](C)C[C@H](C)C=O. The van der Waals surface area contributed by atoms with Crippen LogP contribution in [0.3, 0.4) is 0 Å². The van der Waals surface area contributed by atoms with Crippen LogP contribution >= 0.6 is 0 Å². The van der Waals surface area contributed by atoms with Crippen LogP contribution in [-0.4, -0.2) is 19.5 Å². The van der Waals surface area contributed by atoms with Crippen LogP contribution in [0.4, 0.5) is 0 Å². The summed E-state index contributed by atoms with van der Waals surface area (Å²) >= 11 is 0. The van der Waals surface area contributed by atoms with Gasteiger partial charge in [-0.05, 0) is 18.8 Å². The summed E-state index contributed by atoms with van der Waals surface area (Å²) in [6, 6.07) is 0. The van der Waals surface area contributed by atoms with E-state index in [1.807, 2.05) is 6.92 Å². The first-order valence-electron chi connectivity index (χ1n) is 4.63. The molecule has 0 aromatic heterocycles. The molecule has 0 aliphatic carbocycles. The minimum Gasteiger partial charge on any atom is -0.381 e. The number of hydrogen-bond acceptors (Lipinski definition) is 2. The van der Waals surface area contributed by atoms with Gasteiger partial charge in [0.15, 0.2) is 0 Å². The van der Waals surface area contributed by atoms with Gasteiger partial charge in [0, 0.05) is 13.0 Å². The molecular formula is C10H20O2. The Labute approximate surface area is 75.3 Å². The topological polar surface area (TPSA) is 26.3 Å². The predicted octanol–water partition coefficient (Wildman–Crippen LogP) is 2.27. The average Bonchev–Trinajstić information content (AvgIpc) is 2.06. The Hall–Kier alpha value is -0.370. The number of hydrogen-bond donors (Lipinski definition) is 0. The first-order valence-corrected chi connectivity index (χ1v) is 4.63. The van der Waals surface area contributed by atoms with Crippen LogP contribution in [-0.2, 0) is 9.53 Å². The molecule has 0 heterocycles. The summed E-state index contributed by atoms with van der Waals surface area (Å²) < 4.78 is 5.29. The second kappa shape index (κ2) is 6.18. The van der Waals surface area contributed by atoms with E-state index >= 15 is 0 Å². The van der Waals surface area contributed by atoms with Crippen molar-refractivity contribution in [3.8, 4) is 0 Å². The van der Waals surface area contributed by atoms with E-state index in [-0.39, 0.29) is 5.92 Å². The van der Waals surface area contributed by atoms with Crippen LogP contribution in [0.15, 0.2) is 0 Å². The molecule has 3 atom stereocenters. The molecule has 12 heavy (non-hydrogen) atoms. The molecule has 0 aliphatic rings. The fourth-order valence-electron chi connectivity index (χ4n) is 1.60. The molecule has 0 spiro atoms. The van der Waals surface area contributed by atoms with Gasteiger partial charge in [-0.3, -0.25) is 0 Å². The standard InChI is InChI=1S/C10H20O2/c1-5-10(12-4)9(3)6-8(2)7-11/h7-10H,5-6H2,1-4H3/t8-,9-,10-/m0/s1. The Kier molecular flexibility index (Phi) is 5.99. The molecule has 0 unspecified atom stereocenters. The lowest BCUT2D eigenvalue weighted by Gasteiger charge is -2.22. The Balaban J connectivity index is 3.82. The van der Waals surface area contributed by atoms with Crippen LogP contribution in [0.2, 0.25) is 0 Å². The van der Waals surface area contributed by atoms with Gasteiger partial charge in [0.1, 0.15) is 6.29 Å². The minimum absolute atomic E-state index is 0.157. The number of aldehydes is 1. The lowest BCUT2D eigenvalue weighted by molar-refractivity contribution is -0.111. The van der Waals surface area contributed by atoms with Crippen LogP contribution in [0.5, 0.6) is 0 Å². The largest absolute Gasteiger partial charge is 0.381 e. The number of carbonyl (C=O) groups excluding carboxylic acids is 1. The summed E-state index contributed by atoms with van der Waals surface area (Å²) in [4.78, 5) is 10.4. The summed E-state index contributed by atoms with van der Waals surface area (Å²) in [6.45, 7) is 6.19. The maximum absolute atomic E-state index is 10.4. The third kappa shape index (κ3) is 3.86. The summed E-state index contributed by atoms with van der Waals surface area (Å²) in [5, 5.41) is 0. The molecule has 72 valence electrons. The molecule has 2 nitrogen and oxygen atoms in total. The van der Waals surface area contributed by atoms with Gasteiger partial charge in [-0.2, -0.15) is 0 Å². The van der Waals surface area contributed by atoms with Gasteiger partial charge < -0.3 is 9.53 Å². The monoisotopic (exact) mass is 172 g/mol. The lowest BCUT2D eigenvalue weighted by atomic mass is 9.92. The van der Waals surface area contributed by atoms with Gasteiger partial charge in [-0.15, -0.1) is 0 Å². The molecule has 0 saturated heterocycles. The first kappa shape index (κ1) is 11.6. The van der Waals surface area contributed by atoms with Crippen molar-refractivity contribution < 1.29 is 9.53 Å². The predicted molar refractivity (Wildman–Crippen MR) is 50.1 cm³/mol. The van der Waals surface area contributed by atoms with E-state index in [9.17, 15) is 4.79 Å². The highest BCUT2D eigenvalue weighted by Crippen LogP contribution is 2.18. The second-order valence-electron chi connectivity index (χ2n) is 3.51. The molecule has 0 aromatic rings. The van der Waals surface area contributed by atoms with E-state index in [2.05, 4.69) is 13.8 Å². The van der Waals surface area contributed by atoms with Gasteiger partial charge in [-0.1, -0.05) is 20.8 Å². The van der Waals surface area contributed by atoms with E-state index in [0.29, 0.717) is 12.0 Å². The molecule has 0 radical (unpaired) electrons. The molecule has 0 aromatic carbocycles. The number of rotatable bonds is 6. The van der Waals surface area contributed by atoms with Crippen LogP contribution in [0.1, 0.15) is 33.6 Å². The molecule has 0 bridgehead atoms. The molecule has 0 saturated carbocycles. The van der Waals surface area contributed by atoms with Crippen LogP contribution < -0.4 is 0 Å². The van der Waals surface area contributed by atoms with Crippen molar-refractivity contribution in [2.75, 3.05) is 7.11 Å². The van der Waals surface area contributed by atoms with Crippen molar-refractivity contribution >= 4 is 6.29 Å². The molecule has 0 fully saturated rings. The zero-order valence-electron chi connectivity index (χ0n) is 8.54. The fourth-order valence-corrected chi connectivity index (χ4v) is 1.60. The van der Waals surface area contributed by atoms with Gasteiger partial charge in [0.05, 0.1) is 6.10 Å². The van der Waals surface area contributed by atoms with Gasteiger partial charge in [0.25, 0.3) is 0 Å². The van der Waals surface area contributed by atoms with Crippen molar-refractivity contribution in [3.63, 3.8) is 0 Å². The Morgan fingerprint density at radius 3 is 2.33 bits per heavy atom. The minimum atomic E-state index is 0.157. The highest BCUT2D eigenvalue weighted by Gasteiger charge is 2.16. The summed E-state index contributed by atoms with van der Waals surface area (Å²) in [5.74, 6) is 0.629. The molecule has 0 rings (SSSR count). The third-order valence-electron chi connectivity index (χ3n) is 2.32. The van der Waals surface area contributed by atoms with Gasteiger partial charge >= 0.3 is 0 Å². The number of ether oxygens (including phenoxy) is 1. The molecular weight excluding hydrogens is 152 g/mol. The Morgan fingerprint density at radius 2 is 2.00 bits per heavy atom. The van der Waals surface area contributed by atoms with E-state index in [4.69, 9.17) is 4.74 Å². The molecule has 0 amide bonds. The van der Waals surface area contributed by atoms with E-state index in [1.54, 1.807) is 7.11 Å². The first-order chi connectivity index (χ1) is 5.65. The van der Waals surface area contributed by atoms with Crippen molar-refractivity contribution in [1.29, 1.82) is 0 Å². The van der Waals surface area contributed by atoms with Gasteiger partial charge in [-0.25, -0.2) is 0 Å². The molecule has 0 N–H and O–H groups in total. The fraction of sp³-hybridized carbons (Fsp3) is 0.900. The zero-order valence-corrected chi connectivity index (χ0v) is 8.54. The summed E-state index contributed by atoms with van der Waals surface area (Å²) in [5.41, 5.74) is 0. The van der Waals surface area contributed by atoms with E-state index in [0.717, 1.165) is 19.1 Å². The van der Waals surface area contributed by atoms with Crippen molar-refractivity contribution in [3.05, 3.63) is 0 Å². The third-order valence-corrected chi connectivity index (χ3v) is 2.32. The number of carbonyl (C=O) groups is 1. The van der Waals surface area contributed by atoms with Crippen molar-refractivity contribution in [2.45, 2.75) is 39.7 Å². The van der Waals surface area contributed by atoms with Crippen molar-refractivity contribution in [1.82, 2.24) is 0 Å². The van der Waals surface area contributed by atoms with Crippen LogP contribution in [0.25, 0.3) is 0 Å². The molecule has 2 heteroatoms. The average molecular weight is 172 g/mol. The number of methoxy groups -OCH3 is 1. The van der Waals surface area contributed by atoms with Crippen LogP contribution in [0, 0.1) is 11.8 Å². The van der Waals surface area contributed by atoms with Gasteiger partial charge in [0.2, 0.25) is 0 Å². The second-order valence-corrected chi connectivity index (χ2v) is 3.51. The summed E-state index contributed by atoms with van der Waals surface area (Å²) in [6.07, 6.45) is 3.25. The maximum atomic E-state index is 10.4. The van der Waals surface area contributed by atoms with Crippen molar-refractivity contribution in [2.24, 2.45) is 11.8 Å². The van der Waals surface area contributed by atoms with E-state index in [1.165, 1.54) is 0 Å². The zero-order chi connectivity index (χ0) is 9.56.